The number of aliphatic hydroxyl groups is 16. The van der Waals surface area contributed by atoms with Gasteiger partial charge in [0.05, 0.1) is 39.1 Å². The van der Waals surface area contributed by atoms with Gasteiger partial charge in [-0.2, -0.15) is 0 Å². The largest absolute Gasteiger partial charge is 0.394 e. The van der Waals surface area contributed by atoms with Crippen LogP contribution in [0, 0.1) is 0 Å². The number of hydrogen-bond donors (Lipinski definition) is 19. The Hall–Kier alpha value is -2.67. The highest BCUT2D eigenvalue weighted by atomic mass is 16.8. The number of rotatable bonds is 18. The minimum Gasteiger partial charge on any atom is -0.394 e. The van der Waals surface area contributed by atoms with Crippen molar-refractivity contribution in [1.29, 1.82) is 0 Å². The van der Waals surface area contributed by atoms with Gasteiger partial charge in [0, 0.05) is 20.8 Å². The number of carbonyl (C=O) groups excluding carboxylic acids is 3. The summed E-state index contributed by atoms with van der Waals surface area (Å²) in [7, 11) is 0. The number of aliphatic hydroxyl groups excluding tert-OH is 16. The second kappa shape index (κ2) is 26.5. The number of hydrogen-bond acceptors (Lipinski definition) is 30. The highest BCUT2D eigenvalue weighted by Gasteiger charge is 2.58. The first kappa shape index (κ1) is 61.5. The molecule has 0 radical (unpaired) electrons. The zero-order valence-corrected chi connectivity index (χ0v) is 40.7. The Morgan fingerprint density at radius 2 is 0.760 bits per heavy atom. The fourth-order valence-corrected chi connectivity index (χ4v) is 9.53. The predicted octanol–water partition coefficient (Wildman–Crippen LogP) is -12.6. The van der Waals surface area contributed by atoms with E-state index < -0.39 is 235 Å². The monoisotopic (exact) mass is 1100 g/mol. The van der Waals surface area contributed by atoms with E-state index in [-0.39, 0.29) is 0 Å². The Kier molecular flexibility index (Phi) is 21.8. The van der Waals surface area contributed by atoms with Crippen LogP contribution in [0.2, 0.25) is 0 Å². The standard InChI is InChI=1S/C42H71N3O30/c1-10-22(53)29(60)31(62)40(66-10)75-36-35(74-39-21(45-13(4)52)34(25(56)16(7-48)69-39)72-41-32(63)30(61)24(55)15(6-47)70-41)26(57)17(8-49)71-42(36)73-33-20(44-12(3)51)37(64)67-18(27(33)58)9-65-38-19(43-11(2)50)28(59)23(54)14(5-46)68-38/h10,14-42,46-49,53-64H,5-9H2,1-4H3,(H,43,50)(H,44,51)(H,45,52)/t10-,14+,15+,16+,17+,18+,19+,20+,21+,22+,23+,24-,25-,26-,27-,28+,29+,30-,31-,32+,33+,34+,35-,36+,37-,38+,39+,40-,41+,42-/m0/s1. The van der Waals surface area contributed by atoms with Crippen LogP contribution in [-0.2, 0) is 66.5 Å². The van der Waals surface area contributed by atoms with Crippen LogP contribution in [0.15, 0.2) is 0 Å². The molecule has 0 aromatic heterocycles. The molecule has 3 amide bonds. The van der Waals surface area contributed by atoms with Crippen LogP contribution >= 0.6 is 0 Å². The van der Waals surface area contributed by atoms with E-state index in [1.807, 2.05) is 0 Å². The highest BCUT2D eigenvalue weighted by Crippen LogP contribution is 2.37. The van der Waals surface area contributed by atoms with Crippen molar-refractivity contribution in [3.8, 4) is 0 Å². The maximum absolute atomic E-state index is 12.9. The van der Waals surface area contributed by atoms with Crippen molar-refractivity contribution in [2.24, 2.45) is 0 Å². The van der Waals surface area contributed by atoms with Crippen LogP contribution in [0.3, 0.4) is 0 Å². The maximum Gasteiger partial charge on any atom is 0.217 e. The van der Waals surface area contributed by atoms with Gasteiger partial charge in [-0.25, -0.2) is 0 Å². The molecule has 6 aliphatic rings. The van der Waals surface area contributed by atoms with Crippen molar-refractivity contribution < 1.29 is 148 Å². The average Bonchev–Trinajstić information content (AvgIpc) is 3.36. The van der Waals surface area contributed by atoms with Gasteiger partial charge >= 0.3 is 0 Å². The second-order valence-corrected chi connectivity index (χ2v) is 19.0. The first-order chi connectivity index (χ1) is 35.4. The van der Waals surface area contributed by atoms with Crippen LogP contribution in [0.25, 0.3) is 0 Å². The zero-order chi connectivity index (χ0) is 55.5. The minimum absolute atomic E-state index is 0.710. The lowest BCUT2D eigenvalue weighted by molar-refractivity contribution is -0.400. The Labute approximate surface area is 426 Å². The molecular weight excluding hydrogens is 1030 g/mol. The Morgan fingerprint density at radius 3 is 1.32 bits per heavy atom. The van der Waals surface area contributed by atoms with Crippen molar-refractivity contribution in [3.05, 3.63) is 0 Å². The summed E-state index contributed by atoms with van der Waals surface area (Å²) in [5, 5.41) is 180. The lowest BCUT2D eigenvalue weighted by Crippen LogP contribution is -2.71. The molecule has 75 heavy (non-hydrogen) atoms. The second-order valence-electron chi connectivity index (χ2n) is 19.0. The molecule has 0 aromatic rings. The van der Waals surface area contributed by atoms with E-state index in [4.69, 9.17) is 52.1 Å². The average molecular weight is 1100 g/mol. The van der Waals surface area contributed by atoms with Crippen LogP contribution in [0.4, 0.5) is 0 Å². The summed E-state index contributed by atoms with van der Waals surface area (Å²) in [5.41, 5.74) is 0. The highest BCUT2D eigenvalue weighted by molar-refractivity contribution is 5.74. The molecule has 0 saturated carbocycles. The van der Waals surface area contributed by atoms with Crippen LogP contribution < -0.4 is 16.0 Å². The lowest BCUT2D eigenvalue weighted by Gasteiger charge is -2.52. The molecule has 0 aliphatic carbocycles. The number of nitrogens with one attached hydrogen (secondary N) is 3. The van der Waals surface area contributed by atoms with Crippen LogP contribution in [-0.4, -0.2) is 317 Å². The van der Waals surface area contributed by atoms with E-state index in [0.29, 0.717) is 0 Å². The number of ether oxygens (including phenoxy) is 11. The van der Waals surface area contributed by atoms with Crippen LogP contribution in [0.5, 0.6) is 0 Å². The van der Waals surface area contributed by atoms with E-state index >= 15 is 0 Å². The minimum atomic E-state index is -2.18. The number of amides is 3. The topological polar surface area (TPSA) is 513 Å². The molecule has 30 atom stereocenters. The molecule has 0 aromatic carbocycles. The molecule has 6 rings (SSSR count). The molecule has 6 heterocycles. The van der Waals surface area contributed by atoms with Gasteiger partial charge in [-0.3, -0.25) is 14.4 Å². The fraction of sp³-hybridized carbons (Fsp3) is 0.929. The molecule has 6 saturated heterocycles. The van der Waals surface area contributed by atoms with E-state index in [1.165, 1.54) is 6.92 Å². The van der Waals surface area contributed by atoms with Crippen molar-refractivity contribution in [3.63, 3.8) is 0 Å². The van der Waals surface area contributed by atoms with Crippen molar-refractivity contribution in [1.82, 2.24) is 16.0 Å². The SMILES string of the molecule is CC(=O)N[C@@H]1[C@@H](O[C@@H]2O[C@H](CO)[C@H](O)[C@H](O[C@H]3O[C@H](CO)[C@H](O)[C@H](O[C@H]4O[C@H](CO)[C@H](O)[C@H](O)[C@H]4O)[C@H]3NC(C)=O)[C@H]2O[C@@H]2O[C@@H](C)[C@@H](O)[C@@H](O)[C@@H]2O)[C@@H](O)[C@@H](CO[C@@H]2O[C@H](CO)[C@@H](O)[C@H](O)[C@H]2NC(C)=O)O[C@@H]1O. The maximum atomic E-state index is 12.9. The van der Waals surface area contributed by atoms with Gasteiger partial charge in [-0.15, -0.1) is 0 Å². The normalized spacial score (nSPS) is 48.6. The molecule has 33 nitrogen and oxygen atoms in total. The van der Waals surface area contributed by atoms with Gasteiger partial charge in [-0.05, 0) is 6.92 Å². The first-order valence-corrected chi connectivity index (χ1v) is 23.9. The third-order valence-electron chi connectivity index (χ3n) is 13.6. The third kappa shape index (κ3) is 13.7. The van der Waals surface area contributed by atoms with Gasteiger partial charge in [0.25, 0.3) is 0 Å². The summed E-state index contributed by atoms with van der Waals surface area (Å²) < 4.78 is 64.7. The van der Waals surface area contributed by atoms with Gasteiger partial charge in [-0.1, -0.05) is 0 Å². The smallest absolute Gasteiger partial charge is 0.217 e. The van der Waals surface area contributed by atoms with Crippen molar-refractivity contribution in [2.75, 3.05) is 33.0 Å². The van der Waals surface area contributed by atoms with Crippen molar-refractivity contribution >= 4 is 17.7 Å². The molecular formula is C42H71N3O30. The molecule has 19 N–H and O–H groups in total. The molecule has 0 bridgehead atoms. The molecule has 6 fully saturated rings. The quantitative estimate of drug-likeness (QED) is 0.0606. The predicted molar refractivity (Wildman–Crippen MR) is 233 cm³/mol. The summed E-state index contributed by atoms with van der Waals surface area (Å²) >= 11 is 0. The third-order valence-corrected chi connectivity index (χ3v) is 13.6. The Morgan fingerprint density at radius 1 is 0.373 bits per heavy atom. The van der Waals surface area contributed by atoms with Gasteiger partial charge < -0.3 is 150 Å². The van der Waals surface area contributed by atoms with Crippen LogP contribution in [0.1, 0.15) is 27.7 Å². The fourth-order valence-electron chi connectivity index (χ4n) is 9.53. The lowest BCUT2D eigenvalue weighted by atomic mass is 9.93. The van der Waals surface area contributed by atoms with E-state index in [2.05, 4.69) is 16.0 Å². The zero-order valence-electron chi connectivity index (χ0n) is 40.7. The Balaban J connectivity index is 1.37. The summed E-state index contributed by atoms with van der Waals surface area (Å²) in [6.45, 7) is -0.302. The van der Waals surface area contributed by atoms with E-state index in [1.54, 1.807) is 0 Å². The number of carbonyl (C=O) groups is 3. The summed E-state index contributed by atoms with van der Waals surface area (Å²) in [6, 6.07) is -5.06. The summed E-state index contributed by atoms with van der Waals surface area (Å²) in [4.78, 5) is 37.5. The molecule has 0 unspecified atom stereocenters. The van der Waals surface area contributed by atoms with Crippen molar-refractivity contribution in [2.45, 2.75) is 212 Å². The molecule has 0 spiro atoms. The molecule has 33 heteroatoms. The van der Waals surface area contributed by atoms with E-state index in [9.17, 15) is 96.1 Å². The van der Waals surface area contributed by atoms with E-state index in [0.717, 1.165) is 20.8 Å². The van der Waals surface area contributed by atoms with Gasteiger partial charge in [0.15, 0.2) is 37.7 Å². The summed E-state index contributed by atoms with van der Waals surface area (Å²) in [5.74, 6) is -2.42. The Bertz CT molecular complexity index is 1850. The summed E-state index contributed by atoms with van der Waals surface area (Å²) in [6.07, 6.45) is -51.0. The molecule has 6 aliphatic heterocycles. The van der Waals surface area contributed by atoms with Gasteiger partial charge in [0.1, 0.15) is 140 Å². The molecule has 434 valence electrons. The van der Waals surface area contributed by atoms with Gasteiger partial charge in [0.2, 0.25) is 17.7 Å². The first-order valence-electron chi connectivity index (χ1n) is 23.9.